The molecule has 0 saturated heterocycles. The summed E-state index contributed by atoms with van der Waals surface area (Å²) in [7, 11) is 0. The van der Waals surface area contributed by atoms with Crippen LogP contribution in [-0.2, 0) is 5.75 Å². The summed E-state index contributed by atoms with van der Waals surface area (Å²) in [5, 5.41) is 4.34. The lowest BCUT2D eigenvalue weighted by Gasteiger charge is -2.03. The van der Waals surface area contributed by atoms with Crippen molar-refractivity contribution in [1.82, 2.24) is 5.43 Å². The van der Waals surface area contributed by atoms with Crippen molar-refractivity contribution in [3.63, 3.8) is 0 Å². The molecule has 0 bridgehead atoms. The molecule has 1 aliphatic rings. The van der Waals surface area contributed by atoms with Crippen molar-refractivity contribution in [3.05, 3.63) is 35.9 Å². The van der Waals surface area contributed by atoms with Crippen LogP contribution >= 0.6 is 24.0 Å². The first-order chi connectivity index (χ1) is 8.34. The Hall–Kier alpha value is -0.870. The third kappa shape index (κ3) is 4.48. The second kappa shape index (κ2) is 6.77. The Morgan fingerprint density at radius 2 is 1.94 bits per heavy atom. The highest BCUT2D eigenvalue weighted by atomic mass is 32.2. The predicted molar refractivity (Wildman–Crippen MR) is 79.4 cm³/mol. The first-order valence-corrected chi connectivity index (χ1v) is 7.26. The maximum absolute atomic E-state index is 5.23. The molecule has 0 unspecified atom stereocenters. The summed E-state index contributed by atoms with van der Waals surface area (Å²) in [6.45, 7) is 0. The SMILES string of the molecule is S=C(NN=C1CCCC1)SCc1ccccc1. The number of hydrogen-bond acceptors (Lipinski definition) is 3. The zero-order valence-corrected chi connectivity index (χ0v) is 11.3. The monoisotopic (exact) mass is 264 g/mol. The van der Waals surface area contributed by atoms with Gasteiger partial charge in [-0.15, -0.1) is 0 Å². The zero-order valence-electron chi connectivity index (χ0n) is 9.69. The van der Waals surface area contributed by atoms with Gasteiger partial charge in [0.2, 0.25) is 0 Å². The van der Waals surface area contributed by atoms with Crippen molar-refractivity contribution in [2.24, 2.45) is 5.10 Å². The van der Waals surface area contributed by atoms with Gasteiger partial charge in [0, 0.05) is 11.5 Å². The van der Waals surface area contributed by atoms with Crippen molar-refractivity contribution < 1.29 is 0 Å². The van der Waals surface area contributed by atoms with E-state index in [1.165, 1.54) is 24.1 Å². The van der Waals surface area contributed by atoms with Gasteiger partial charge in [-0.3, -0.25) is 5.43 Å². The summed E-state index contributed by atoms with van der Waals surface area (Å²) < 4.78 is 0.758. The van der Waals surface area contributed by atoms with E-state index < -0.39 is 0 Å². The number of rotatable bonds is 3. The van der Waals surface area contributed by atoms with E-state index in [2.05, 4.69) is 22.7 Å². The van der Waals surface area contributed by atoms with E-state index in [9.17, 15) is 0 Å². The summed E-state index contributed by atoms with van der Waals surface area (Å²) in [6.07, 6.45) is 4.78. The number of nitrogens with one attached hydrogen (secondary N) is 1. The minimum Gasteiger partial charge on any atom is -0.262 e. The fraction of sp³-hybridized carbons (Fsp3) is 0.385. The van der Waals surface area contributed by atoms with Crippen LogP contribution < -0.4 is 5.43 Å². The van der Waals surface area contributed by atoms with Crippen LogP contribution in [0.1, 0.15) is 31.2 Å². The van der Waals surface area contributed by atoms with E-state index in [1.807, 2.05) is 18.2 Å². The quantitative estimate of drug-likeness (QED) is 0.665. The van der Waals surface area contributed by atoms with Crippen LogP contribution in [0.25, 0.3) is 0 Å². The highest BCUT2D eigenvalue weighted by Crippen LogP contribution is 2.15. The Morgan fingerprint density at radius 3 is 2.65 bits per heavy atom. The molecule has 0 aromatic heterocycles. The fourth-order valence-electron chi connectivity index (χ4n) is 1.78. The minimum atomic E-state index is 0.758. The normalized spacial score (nSPS) is 14.7. The first-order valence-electron chi connectivity index (χ1n) is 5.87. The van der Waals surface area contributed by atoms with Gasteiger partial charge >= 0.3 is 0 Å². The van der Waals surface area contributed by atoms with Gasteiger partial charge in [-0.25, -0.2) is 0 Å². The third-order valence-electron chi connectivity index (χ3n) is 2.70. The molecule has 0 amide bonds. The van der Waals surface area contributed by atoms with Crippen LogP contribution in [0.5, 0.6) is 0 Å². The van der Waals surface area contributed by atoms with Crippen LogP contribution in [0.2, 0.25) is 0 Å². The summed E-state index contributed by atoms with van der Waals surface area (Å²) in [4.78, 5) is 0. The van der Waals surface area contributed by atoms with E-state index in [0.29, 0.717) is 0 Å². The van der Waals surface area contributed by atoms with Gasteiger partial charge in [0.15, 0.2) is 4.32 Å². The molecule has 0 spiro atoms. The fourth-order valence-corrected chi connectivity index (χ4v) is 2.60. The molecule has 90 valence electrons. The number of benzene rings is 1. The molecule has 2 rings (SSSR count). The molecule has 17 heavy (non-hydrogen) atoms. The molecule has 1 aromatic carbocycles. The molecule has 0 aliphatic heterocycles. The molecule has 1 fully saturated rings. The van der Waals surface area contributed by atoms with Crippen LogP contribution in [0.4, 0.5) is 0 Å². The number of thiocarbonyl (C=S) groups is 1. The standard InChI is InChI=1S/C13H16N2S2/c16-13(15-14-12-8-4-5-9-12)17-10-11-6-2-1-3-7-11/h1-3,6-7H,4-5,8-10H2,(H,15,16). The van der Waals surface area contributed by atoms with Crippen molar-refractivity contribution in [2.75, 3.05) is 0 Å². The maximum atomic E-state index is 5.23. The minimum absolute atomic E-state index is 0.758. The lowest BCUT2D eigenvalue weighted by molar-refractivity contribution is 0.886. The average Bonchev–Trinajstić information content (AvgIpc) is 2.88. The van der Waals surface area contributed by atoms with Crippen molar-refractivity contribution >= 4 is 34.0 Å². The van der Waals surface area contributed by atoms with E-state index >= 15 is 0 Å². The van der Waals surface area contributed by atoms with Crippen LogP contribution in [0.3, 0.4) is 0 Å². The molecule has 0 radical (unpaired) electrons. The highest BCUT2D eigenvalue weighted by molar-refractivity contribution is 8.22. The molecule has 2 nitrogen and oxygen atoms in total. The van der Waals surface area contributed by atoms with E-state index in [1.54, 1.807) is 11.8 Å². The van der Waals surface area contributed by atoms with Gasteiger partial charge in [0.05, 0.1) is 0 Å². The van der Waals surface area contributed by atoms with Crippen LogP contribution in [0, 0.1) is 0 Å². The van der Waals surface area contributed by atoms with Gasteiger partial charge < -0.3 is 0 Å². The Bertz CT molecular complexity index is 393. The summed E-state index contributed by atoms with van der Waals surface area (Å²) in [5.41, 5.74) is 5.52. The largest absolute Gasteiger partial charge is 0.262 e. The van der Waals surface area contributed by atoms with E-state index in [-0.39, 0.29) is 0 Å². The molecule has 0 heterocycles. The Kier molecular flexibility index (Phi) is 5.01. The molecule has 1 saturated carbocycles. The Balaban J connectivity index is 1.72. The second-order valence-electron chi connectivity index (χ2n) is 4.06. The number of hydrazone groups is 1. The van der Waals surface area contributed by atoms with Crippen molar-refractivity contribution in [2.45, 2.75) is 31.4 Å². The molecule has 4 heteroatoms. The lowest BCUT2D eigenvalue weighted by atomic mass is 10.2. The number of thioether (sulfide) groups is 1. The zero-order chi connectivity index (χ0) is 11.9. The molecule has 1 N–H and O–H groups in total. The van der Waals surface area contributed by atoms with Gasteiger partial charge in [-0.05, 0) is 31.2 Å². The summed E-state index contributed by atoms with van der Waals surface area (Å²) in [6, 6.07) is 10.3. The van der Waals surface area contributed by atoms with Crippen molar-refractivity contribution in [3.8, 4) is 0 Å². The van der Waals surface area contributed by atoms with Gasteiger partial charge in [0.1, 0.15) is 0 Å². The number of hydrogen-bond donors (Lipinski definition) is 1. The molecule has 1 aromatic rings. The Morgan fingerprint density at radius 1 is 1.24 bits per heavy atom. The van der Waals surface area contributed by atoms with Gasteiger partial charge in [0.25, 0.3) is 0 Å². The second-order valence-corrected chi connectivity index (χ2v) is 5.71. The third-order valence-corrected chi connectivity index (χ3v) is 3.97. The smallest absolute Gasteiger partial charge is 0.154 e. The van der Waals surface area contributed by atoms with Crippen LogP contribution in [-0.4, -0.2) is 10.0 Å². The molecular weight excluding hydrogens is 248 g/mol. The van der Waals surface area contributed by atoms with E-state index in [4.69, 9.17) is 12.2 Å². The van der Waals surface area contributed by atoms with Gasteiger partial charge in [-0.2, -0.15) is 5.10 Å². The summed E-state index contributed by atoms with van der Waals surface area (Å²) >= 11 is 6.86. The van der Waals surface area contributed by atoms with Crippen LogP contribution in [0.15, 0.2) is 35.4 Å². The van der Waals surface area contributed by atoms with Gasteiger partial charge in [-0.1, -0.05) is 54.3 Å². The molecule has 1 aliphatic carbocycles. The number of nitrogens with zero attached hydrogens (tertiary/aromatic N) is 1. The first kappa shape index (κ1) is 12.6. The topological polar surface area (TPSA) is 24.4 Å². The lowest BCUT2D eigenvalue weighted by Crippen LogP contribution is -2.13. The van der Waals surface area contributed by atoms with Crippen molar-refractivity contribution in [1.29, 1.82) is 0 Å². The summed E-state index contributed by atoms with van der Waals surface area (Å²) in [5.74, 6) is 0.900. The average molecular weight is 264 g/mol. The predicted octanol–water partition coefficient (Wildman–Crippen LogP) is 3.72. The highest BCUT2D eigenvalue weighted by Gasteiger charge is 2.07. The molecular formula is C13H16N2S2. The Labute approximate surface area is 112 Å². The molecule has 0 atom stereocenters. The maximum Gasteiger partial charge on any atom is 0.154 e. The van der Waals surface area contributed by atoms with E-state index in [0.717, 1.165) is 22.9 Å².